The Kier molecular flexibility index (Phi) is 5.08. The van der Waals surface area contributed by atoms with Gasteiger partial charge < -0.3 is 9.13 Å². The Morgan fingerprint density at radius 1 is 0.360 bits per heavy atom. The minimum atomic E-state index is -0.419. The Balaban J connectivity index is 1.27. The zero-order valence-electron chi connectivity index (χ0n) is 33.8. The molecule has 0 aliphatic carbocycles. The first-order chi connectivity index (χ1) is 27.7. The summed E-state index contributed by atoms with van der Waals surface area (Å²) in [5.41, 5.74) is 8.77. The molecule has 2 heteroatoms. The minimum Gasteiger partial charge on any atom is -0.309 e. The topological polar surface area (TPSA) is 9.86 Å². The third-order valence-electron chi connectivity index (χ3n) is 9.57. The molecule has 0 aliphatic heterocycles. The molecule has 0 atom stereocenters. The zero-order valence-corrected chi connectivity index (χ0v) is 26.8. The second-order valence-electron chi connectivity index (χ2n) is 12.4. The van der Waals surface area contributed by atoms with E-state index < -0.39 is 12.1 Å². The lowest BCUT2D eigenvalue weighted by molar-refractivity contribution is 1.18. The highest BCUT2D eigenvalue weighted by Gasteiger charge is 2.18. The zero-order chi connectivity index (χ0) is 39.1. The van der Waals surface area contributed by atoms with Gasteiger partial charge in [-0.15, -0.1) is 0 Å². The number of benzene rings is 8. The average molecular weight is 644 g/mol. The van der Waals surface area contributed by atoms with E-state index in [9.17, 15) is 4.11 Å². The highest BCUT2D eigenvalue weighted by Crippen LogP contribution is 2.41. The van der Waals surface area contributed by atoms with Crippen LogP contribution in [0.3, 0.4) is 0 Å². The van der Waals surface area contributed by atoms with Gasteiger partial charge in [-0.1, -0.05) is 139 Å². The van der Waals surface area contributed by atoms with Gasteiger partial charge in [-0.25, -0.2) is 0 Å². The van der Waals surface area contributed by atoms with Crippen LogP contribution >= 0.6 is 0 Å². The fourth-order valence-electron chi connectivity index (χ4n) is 7.27. The molecular formula is C48H32N2. The van der Waals surface area contributed by atoms with Crippen molar-refractivity contribution in [3.8, 4) is 44.8 Å². The molecule has 10 rings (SSSR count). The lowest BCUT2D eigenvalue weighted by Gasteiger charge is -2.12. The molecular weight excluding hydrogens is 605 g/mol. The van der Waals surface area contributed by atoms with Gasteiger partial charge in [0.1, 0.15) is 0 Å². The van der Waals surface area contributed by atoms with Crippen molar-refractivity contribution in [2.75, 3.05) is 0 Å². The second kappa shape index (κ2) is 11.5. The van der Waals surface area contributed by atoms with E-state index in [-0.39, 0.29) is 57.6 Å². The van der Waals surface area contributed by atoms with Gasteiger partial charge in [0, 0.05) is 38.5 Å². The molecule has 0 saturated carbocycles. The number of fused-ring (bicyclic) bond motifs is 6. The maximum Gasteiger partial charge on any atom is 0.0645 e. The van der Waals surface area contributed by atoms with Gasteiger partial charge in [-0.2, -0.15) is 0 Å². The number of nitrogens with zero attached hydrogens (tertiary/aromatic N) is 2. The lowest BCUT2D eigenvalue weighted by atomic mass is 9.99. The van der Waals surface area contributed by atoms with E-state index in [0.717, 1.165) is 49.7 Å². The molecule has 0 saturated heterocycles. The second-order valence-corrected chi connectivity index (χ2v) is 12.4. The molecule has 2 heterocycles. The molecule has 0 aliphatic rings. The van der Waals surface area contributed by atoms with Crippen LogP contribution in [0.5, 0.6) is 0 Å². The first kappa shape index (κ1) is 22.1. The van der Waals surface area contributed by atoms with Crippen LogP contribution in [-0.4, -0.2) is 9.13 Å². The standard InChI is InChI=1S/C48H32N2/c1-4-13-33(14-5-1)34-23-27-39(28-24-34)49-45-22-11-10-19-41(45)43-31-36(25-29-46(43)49)37-26-30-47-44(32-37)42-21-12-20-40(35-15-6-2-7-16-35)48(42)50(47)38-17-8-3-9-18-38/h1-32H/i10D,11D,19D,22D,25D,29D,31D. The maximum absolute atomic E-state index is 9.79. The number of hydrogen-bond donors (Lipinski definition) is 0. The number of rotatable bonds is 5. The first-order valence-corrected chi connectivity index (χ1v) is 16.6. The maximum atomic E-state index is 9.79. The summed E-state index contributed by atoms with van der Waals surface area (Å²) in [7, 11) is 0. The van der Waals surface area contributed by atoms with Crippen LogP contribution < -0.4 is 0 Å². The lowest BCUT2D eigenvalue weighted by Crippen LogP contribution is -1.95. The SMILES string of the molecule is [2H]c1c([2H])c([2H])c2c(c1[2H])c1c([2H])c(-c3ccc4c(c3)c3cccc(-c5ccccc5)c3n4-c3ccccc3)c([2H])c([2H])c1n2-c1ccc(-c2ccccc2)cc1. The van der Waals surface area contributed by atoms with Crippen molar-refractivity contribution in [1.29, 1.82) is 0 Å². The molecule has 8 aromatic carbocycles. The summed E-state index contributed by atoms with van der Waals surface area (Å²) in [6.45, 7) is 0. The Hall–Kier alpha value is -6.64. The van der Waals surface area contributed by atoms with Gasteiger partial charge >= 0.3 is 0 Å². The highest BCUT2D eigenvalue weighted by atomic mass is 15.0. The minimum absolute atomic E-state index is 0.0724. The van der Waals surface area contributed by atoms with Gasteiger partial charge in [-0.3, -0.25) is 0 Å². The van der Waals surface area contributed by atoms with Crippen LogP contribution in [0.4, 0.5) is 0 Å². The fourth-order valence-corrected chi connectivity index (χ4v) is 7.27. The molecule has 0 radical (unpaired) electrons. The van der Waals surface area contributed by atoms with Crippen LogP contribution in [0.1, 0.15) is 9.60 Å². The van der Waals surface area contributed by atoms with E-state index in [1.807, 2.05) is 115 Å². The van der Waals surface area contributed by atoms with E-state index in [2.05, 4.69) is 41.0 Å². The van der Waals surface area contributed by atoms with Crippen molar-refractivity contribution < 1.29 is 9.60 Å². The van der Waals surface area contributed by atoms with Crippen LogP contribution in [0.25, 0.3) is 88.4 Å². The van der Waals surface area contributed by atoms with Gasteiger partial charge in [0.05, 0.1) is 31.7 Å². The molecule has 50 heavy (non-hydrogen) atoms. The molecule has 0 N–H and O–H groups in total. The van der Waals surface area contributed by atoms with Crippen LogP contribution in [0, 0.1) is 0 Å². The van der Waals surface area contributed by atoms with Crippen molar-refractivity contribution >= 4 is 43.6 Å². The van der Waals surface area contributed by atoms with Crippen molar-refractivity contribution in [3.05, 3.63) is 194 Å². The normalized spacial score (nSPS) is 13.6. The predicted octanol–water partition coefficient (Wildman–Crippen LogP) is 12.9. The number of hydrogen-bond acceptors (Lipinski definition) is 0. The Morgan fingerprint density at radius 2 is 1.00 bits per heavy atom. The number of aromatic nitrogens is 2. The summed E-state index contributed by atoms with van der Waals surface area (Å²) < 4.78 is 68.1. The van der Waals surface area contributed by atoms with Crippen molar-refractivity contribution in [2.45, 2.75) is 0 Å². The third kappa shape index (κ3) is 4.50. The van der Waals surface area contributed by atoms with E-state index >= 15 is 0 Å². The molecule has 0 amide bonds. The van der Waals surface area contributed by atoms with E-state index in [1.165, 1.54) is 0 Å². The molecule has 0 bridgehead atoms. The van der Waals surface area contributed by atoms with Crippen molar-refractivity contribution in [3.63, 3.8) is 0 Å². The smallest absolute Gasteiger partial charge is 0.0645 e. The van der Waals surface area contributed by atoms with Crippen LogP contribution in [-0.2, 0) is 0 Å². The van der Waals surface area contributed by atoms with Gasteiger partial charge in [0.25, 0.3) is 0 Å². The third-order valence-corrected chi connectivity index (χ3v) is 9.57. The largest absolute Gasteiger partial charge is 0.309 e. The van der Waals surface area contributed by atoms with Gasteiger partial charge in [-0.05, 0) is 82.3 Å². The Morgan fingerprint density at radius 3 is 1.78 bits per heavy atom. The Labute approximate surface area is 300 Å². The molecule has 2 nitrogen and oxygen atoms in total. The highest BCUT2D eigenvalue weighted by molar-refractivity contribution is 6.15. The first-order valence-electron chi connectivity index (χ1n) is 20.1. The summed E-state index contributed by atoms with van der Waals surface area (Å²) in [4.78, 5) is 0. The quantitative estimate of drug-likeness (QED) is 0.177. The van der Waals surface area contributed by atoms with Gasteiger partial charge in [0.15, 0.2) is 0 Å². The van der Waals surface area contributed by atoms with Crippen LogP contribution in [0.15, 0.2) is 194 Å². The fraction of sp³-hybridized carbons (Fsp3) is 0. The molecule has 0 fully saturated rings. The monoisotopic (exact) mass is 643 g/mol. The predicted molar refractivity (Wildman–Crippen MR) is 211 cm³/mol. The number of para-hydroxylation sites is 3. The summed E-state index contributed by atoms with van der Waals surface area (Å²) in [5, 5.41) is 2.26. The summed E-state index contributed by atoms with van der Waals surface area (Å²) in [6, 6.07) is 48.2. The molecule has 10 aromatic rings. The Bertz CT molecular complexity index is 3230. The summed E-state index contributed by atoms with van der Waals surface area (Å²) in [6.07, 6.45) is 0. The van der Waals surface area contributed by atoms with Crippen molar-refractivity contribution in [1.82, 2.24) is 9.13 Å². The molecule has 234 valence electrons. The van der Waals surface area contributed by atoms with E-state index in [1.54, 1.807) is 4.57 Å². The van der Waals surface area contributed by atoms with Crippen molar-refractivity contribution in [2.24, 2.45) is 0 Å². The molecule has 0 unspecified atom stereocenters. The van der Waals surface area contributed by atoms with Gasteiger partial charge in [0.2, 0.25) is 0 Å². The van der Waals surface area contributed by atoms with E-state index in [0.29, 0.717) is 11.3 Å². The molecule has 0 spiro atoms. The average Bonchev–Trinajstić information content (AvgIpc) is 3.79. The summed E-state index contributed by atoms with van der Waals surface area (Å²) >= 11 is 0. The van der Waals surface area contributed by atoms with Crippen LogP contribution in [0.2, 0.25) is 0 Å². The van der Waals surface area contributed by atoms with E-state index in [4.69, 9.17) is 5.48 Å². The molecule has 2 aromatic heterocycles. The summed E-state index contributed by atoms with van der Waals surface area (Å²) in [5.74, 6) is 0.